The molecule has 0 aliphatic carbocycles. The van der Waals surface area contributed by atoms with Crippen LogP contribution in [-0.4, -0.2) is 29.6 Å². The Hall–Kier alpha value is -3.63. The standard InChI is InChI=1S/C18H15F4N3O4/c19-14-8-12(7-13(9-14)18(20,21)22)15(26)24-25-17(29)23-6-5-10-1-3-11(4-2-10)16(27)28/h1-4,7-9H,5-6H2,(H,24,26)(H,27,28)(H2,23,25,29). The summed E-state index contributed by atoms with van der Waals surface area (Å²) in [7, 11) is 0. The molecule has 0 unspecified atom stereocenters. The van der Waals surface area contributed by atoms with Crippen molar-refractivity contribution in [3.05, 3.63) is 70.5 Å². The Kier molecular flexibility index (Phi) is 6.75. The zero-order valence-corrected chi connectivity index (χ0v) is 14.6. The SMILES string of the molecule is O=C(NCCc1ccc(C(=O)O)cc1)NNC(=O)c1cc(F)cc(C(F)(F)F)c1. The maximum Gasteiger partial charge on any atom is 0.416 e. The fourth-order valence-corrected chi connectivity index (χ4v) is 2.25. The van der Waals surface area contributed by atoms with Gasteiger partial charge in [-0.1, -0.05) is 12.1 Å². The first kappa shape index (κ1) is 21.7. The number of nitrogens with one attached hydrogen (secondary N) is 3. The Morgan fingerprint density at radius 2 is 1.59 bits per heavy atom. The third kappa shape index (κ3) is 6.48. The molecule has 154 valence electrons. The van der Waals surface area contributed by atoms with Crippen LogP contribution in [0.15, 0.2) is 42.5 Å². The quantitative estimate of drug-likeness (QED) is 0.447. The second-order valence-electron chi connectivity index (χ2n) is 5.81. The molecule has 2 aromatic carbocycles. The molecule has 11 heteroatoms. The van der Waals surface area contributed by atoms with Gasteiger partial charge >= 0.3 is 18.2 Å². The Balaban J connectivity index is 1.82. The summed E-state index contributed by atoms with van der Waals surface area (Å²) in [6.07, 6.45) is -4.47. The minimum Gasteiger partial charge on any atom is -0.478 e. The van der Waals surface area contributed by atoms with Crippen molar-refractivity contribution in [3.8, 4) is 0 Å². The number of urea groups is 1. The smallest absolute Gasteiger partial charge is 0.416 e. The third-order valence-electron chi connectivity index (χ3n) is 3.68. The lowest BCUT2D eigenvalue weighted by Crippen LogP contribution is -2.47. The molecule has 0 aliphatic rings. The molecule has 2 rings (SSSR count). The van der Waals surface area contributed by atoms with Crippen molar-refractivity contribution < 1.29 is 37.1 Å². The van der Waals surface area contributed by atoms with E-state index in [4.69, 9.17) is 5.11 Å². The van der Waals surface area contributed by atoms with E-state index in [0.29, 0.717) is 18.6 Å². The molecular weight excluding hydrogens is 398 g/mol. The van der Waals surface area contributed by atoms with Crippen LogP contribution in [0, 0.1) is 5.82 Å². The Labute approximate surface area is 161 Å². The zero-order valence-electron chi connectivity index (χ0n) is 14.6. The average molecular weight is 413 g/mol. The van der Waals surface area contributed by atoms with Crippen molar-refractivity contribution in [3.63, 3.8) is 0 Å². The van der Waals surface area contributed by atoms with E-state index in [-0.39, 0.29) is 18.2 Å². The van der Waals surface area contributed by atoms with E-state index in [9.17, 15) is 31.9 Å². The van der Waals surface area contributed by atoms with E-state index in [1.165, 1.54) is 12.1 Å². The van der Waals surface area contributed by atoms with Crippen LogP contribution in [0.3, 0.4) is 0 Å². The number of carboxylic acid groups (broad SMARTS) is 1. The summed E-state index contributed by atoms with van der Waals surface area (Å²) in [4.78, 5) is 34.2. The molecule has 0 aromatic heterocycles. The maximum atomic E-state index is 13.3. The van der Waals surface area contributed by atoms with E-state index >= 15 is 0 Å². The van der Waals surface area contributed by atoms with Gasteiger partial charge in [0.15, 0.2) is 0 Å². The summed E-state index contributed by atoms with van der Waals surface area (Å²) >= 11 is 0. The fraction of sp³-hybridized carbons (Fsp3) is 0.167. The number of rotatable bonds is 5. The molecule has 0 saturated heterocycles. The number of hydrazine groups is 1. The van der Waals surface area contributed by atoms with E-state index < -0.39 is 41.0 Å². The maximum absolute atomic E-state index is 13.3. The molecule has 0 fully saturated rings. The molecule has 0 radical (unpaired) electrons. The molecule has 0 spiro atoms. The van der Waals surface area contributed by atoms with Crippen molar-refractivity contribution in [1.29, 1.82) is 0 Å². The van der Waals surface area contributed by atoms with Gasteiger partial charge in [0.25, 0.3) is 5.91 Å². The molecule has 2 aromatic rings. The van der Waals surface area contributed by atoms with Crippen molar-refractivity contribution >= 4 is 17.9 Å². The number of aromatic carboxylic acids is 1. The summed E-state index contributed by atoms with van der Waals surface area (Å²) in [6, 6.07) is 6.44. The summed E-state index contributed by atoms with van der Waals surface area (Å²) in [5.41, 5.74) is 2.73. The average Bonchev–Trinajstić information content (AvgIpc) is 2.65. The minimum atomic E-state index is -4.83. The van der Waals surface area contributed by atoms with Crippen LogP contribution in [-0.2, 0) is 12.6 Å². The second kappa shape index (κ2) is 9.04. The number of carboxylic acids is 1. The highest BCUT2D eigenvalue weighted by atomic mass is 19.4. The normalized spacial score (nSPS) is 10.9. The van der Waals surface area contributed by atoms with Gasteiger partial charge in [-0.05, 0) is 42.3 Å². The molecule has 0 bridgehead atoms. The van der Waals surface area contributed by atoms with Gasteiger partial charge in [-0.15, -0.1) is 0 Å². The first-order valence-electron chi connectivity index (χ1n) is 8.10. The minimum absolute atomic E-state index is 0.119. The number of carbonyl (C=O) groups is 3. The van der Waals surface area contributed by atoms with Crippen LogP contribution < -0.4 is 16.2 Å². The van der Waals surface area contributed by atoms with Crippen LogP contribution in [0.1, 0.15) is 31.8 Å². The van der Waals surface area contributed by atoms with Gasteiger partial charge in [0, 0.05) is 12.1 Å². The van der Waals surface area contributed by atoms with E-state index in [1.54, 1.807) is 12.1 Å². The van der Waals surface area contributed by atoms with Gasteiger partial charge in [-0.2, -0.15) is 13.2 Å². The molecule has 29 heavy (non-hydrogen) atoms. The lowest BCUT2D eigenvalue weighted by Gasteiger charge is -2.11. The van der Waals surface area contributed by atoms with Crippen LogP contribution in [0.25, 0.3) is 0 Å². The number of benzene rings is 2. The lowest BCUT2D eigenvalue weighted by molar-refractivity contribution is -0.137. The molecule has 0 atom stereocenters. The van der Waals surface area contributed by atoms with E-state index in [2.05, 4.69) is 5.32 Å². The van der Waals surface area contributed by atoms with E-state index in [1.807, 2.05) is 10.9 Å². The summed E-state index contributed by atoms with van der Waals surface area (Å²) < 4.78 is 51.3. The van der Waals surface area contributed by atoms with Crippen LogP contribution in [0.5, 0.6) is 0 Å². The fourth-order valence-electron chi connectivity index (χ4n) is 2.25. The zero-order chi connectivity index (χ0) is 21.6. The molecule has 4 N–H and O–H groups in total. The molecule has 0 aliphatic heterocycles. The first-order chi connectivity index (χ1) is 13.6. The summed E-state index contributed by atoms with van der Waals surface area (Å²) in [5, 5.41) is 11.2. The third-order valence-corrected chi connectivity index (χ3v) is 3.68. The highest BCUT2D eigenvalue weighted by Crippen LogP contribution is 2.30. The van der Waals surface area contributed by atoms with Gasteiger partial charge in [-0.25, -0.2) is 19.4 Å². The molecule has 7 nitrogen and oxygen atoms in total. The first-order valence-corrected chi connectivity index (χ1v) is 8.10. The predicted molar refractivity (Wildman–Crippen MR) is 92.5 cm³/mol. The van der Waals surface area contributed by atoms with Crippen molar-refractivity contribution in [1.82, 2.24) is 16.2 Å². The number of alkyl halides is 3. The van der Waals surface area contributed by atoms with Crippen LogP contribution in [0.4, 0.5) is 22.4 Å². The molecular formula is C18H15F4N3O4. The molecule has 3 amide bonds. The topological polar surface area (TPSA) is 108 Å². The summed E-state index contributed by atoms with van der Waals surface area (Å²) in [5.74, 6) is -3.44. The van der Waals surface area contributed by atoms with Crippen molar-refractivity contribution in [2.24, 2.45) is 0 Å². The van der Waals surface area contributed by atoms with Gasteiger partial charge in [0.2, 0.25) is 0 Å². The highest BCUT2D eigenvalue weighted by Gasteiger charge is 2.32. The monoisotopic (exact) mass is 413 g/mol. The van der Waals surface area contributed by atoms with Gasteiger partial charge in [0.05, 0.1) is 11.1 Å². The number of halogens is 4. The lowest BCUT2D eigenvalue weighted by atomic mass is 10.1. The van der Waals surface area contributed by atoms with E-state index in [0.717, 1.165) is 5.56 Å². The van der Waals surface area contributed by atoms with Gasteiger partial charge in [0.1, 0.15) is 5.82 Å². The largest absolute Gasteiger partial charge is 0.478 e. The Morgan fingerprint density at radius 3 is 2.17 bits per heavy atom. The number of amides is 3. The van der Waals surface area contributed by atoms with Gasteiger partial charge in [-0.3, -0.25) is 10.2 Å². The van der Waals surface area contributed by atoms with Gasteiger partial charge < -0.3 is 10.4 Å². The Morgan fingerprint density at radius 1 is 0.931 bits per heavy atom. The number of hydrogen-bond donors (Lipinski definition) is 4. The second-order valence-corrected chi connectivity index (χ2v) is 5.81. The number of hydrogen-bond acceptors (Lipinski definition) is 3. The molecule has 0 saturated carbocycles. The van der Waals surface area contributed by atoms with Crippen LogP contribution in [0.2, 0.25) is 0 Å². The van der Waals surface area contributed by atoms with Crippen molar-refractivity contribution in [2.75, 3.05) is 6.54 Å². The van der Waals surface area contributed by atoms with Crippen molar-refractivity contribution in [2.45, 2.75) is 12.6 Å². The van der Waals surface area contributed by atoms with Crippen LogP contribution >= 0.6 is 0 Å². The number of carbonyl (C=O) groups excluding carboxylic acids is 2. The highest BCUT2D eigenvalue weighted by molar-refractivity contribution is 5.95. The molecule has 0 heterocycles. The Bertz CT molecular complexity index is 914. The summed E-state index contributed by atoms with van der Waals surface area (Å²) in [6.45, 7) is 0.131. The predicted octanol–water partition coefficient (Wildman–Crippen LogP) is 2.73.